The van der Waals surface area contributed by atoms with Gasteiger partial charge in [0.05, 0.1) is 12.0 Å². The molecule has 0 spiro atoms. The Bertz CT molecular complexity index is 1120. The second-order valence-electron chi connectivity index (χ2n) is 7.00. The molecule has 0 atom stereocenters. The van der Waals surface area contributed by atoms with Crippen LogP contribution in [0.2, 0.25) is 0 Å². The van der Waals surface area contributed by atoms with E-state index in [2.05, 4.69) is 11.1 Å². The largest absolute Gasteiger partial charge is 0.457 e. The number of ketones is 1. The number of carbonyl (C=O) groups excluding carboxylic acids is 2. The first-order chi connectivity index (χ1) is 15.0. The quantitative estimate of drug-likeness (QED) is 0.279. The molecule has 1 heterocycles. The fraction of sp³-hybridized carbons (Fsp3) is 0.200. The molecule has 0 unspecified atom stereocenters. The van der Waals surface area contributed by atoms with E-state index in [9.17, 15) is 14.9 Å². The van der Waals surface area contributed by atoms with Crippen LogP contribution in [0.1, 0.15) is 33.6 Å². The summed E-state index contributed by atoms with van der Waals surface area (Å²) in [6.07, 6.45) is 0.129. The molecule has 156 valence electrons. The molecular formula is C25H22N2O3S. The number of thioether (sulfide) groups is 1. The lowest BCUT2D eigenvalue weighted by atomic mass is 10.0. The van der Waals surface area contributed by atoms with E-state index in [0.717, 1.165) is 22.4 Å². The molecular weight excluding hydrogens is 408 g/mol. The van der Waals surface area contributed by atoms with Crippen molar-refractivity contribution in [2.75, 3.05) is 12.4 Å². The minimum atomic E-state index is -0.454. The van der Waals surface area contributed by atoms with Crippen molar-refractivity contribution < 1.29 is 14.3 Å². The molecule has 31 heavy (non-hydrogen) atoms. The summed E-state index contributed by atoms with van der Waals surface area (Å²) in [5.41, 5.74) is 4.80. The molecule has 0 radical (unpaired) electrons. The lowest BCUT2D eigenvalue weighted by Crippen LogP contribution is -2.14. The molecule has 3 rings (SSSR count). The van der Waals surface area contributed by atoms with Crippen LogP contribution in [0.25, 0.3) is 11.1 Å². The highest BCUT2D eigenvalue weighted by molar-refractivity contribution is 7.99. The Hall–Kier alpha value is -3.43. The summed E-state index contributed by atoms with van der Waals surface area (Å²) < 4.78 is 5.13. The van der Waals surface area contributed by atoms with Crippen LogP contribution in [0.5, 0.6) is 0 Å². The van der Waals surface area contributed by atoms with Crippen LogP contribution in [0.4, 0.5) is 0 Å². The summed E-state index contributed by atoms with van der Waals surface area (Å²) in [5, 5.41) is 9.91. The number of carbonyl (C=O) groups is 2. The van der Waals surface area contributed by atoms with E-state index < -0.39 is 5.97 Å². The Morgan fingerprint density at radius 3 is 2.39 bits per heavy atom. The van der Waals surface area contributed by atoms with Gasteiger partial charge in [-0.15, -0.1) is 11.8 Å². The van der Waals surface area contributed by atoms with Crippen molar-refractivity contribution in [2.24, 2.45) is 0 Å². The Balaban J connectivity index is 1.48. The van der Waals surface area contributed by atoms with Crippen LogP contribution in [-0.2, 0) is 9.53 Å². The minimum Gasteiger partial charge on any atom is -0.457 e. The zero-order valence-corrected chi connectivity index (χ0v) is 18.2. The van der Waals surface area contributed by atoms with Crippen molar-refractivity contribution in [3.8, 4) is 17.2 Å². The lowest BCUT2D eigenvalue weighted by molar-refractivity contribution is -0.141. The number of aryl methyl sites for hydroxylation is 2. The molecule has 0 fully saturated rings. The van der Waals surface area contributed by atoms with Crippen LogP contribution < -0.4 is 0 Å². The van der Waals surface area contributed by atoms with Crippen molar-refractivity contribution in [3.05, 3.63) is 83.0 Å². The van der Waals surface area contributed by atoms with Crippen LogP contribution in [-0.4, -0.2) is 29.1 Å². The van der Waals surface area contributed by atoms with Gasteiger partial charge in [0.15, 0.2) is 12.4 Å². The van der Waals surface area contributed by atoms with Gasteiger partial charge in [-0.2, -0.15) is 5.26 Å². The zero-order chi connectivity index (χ0) is 22.2. The van der Waals surface area contributed by atoms with Gasteiger partial charge >= 0.3 is 5.97 Å². The van der Waals surface area contributed by atoms with Crippen molar-refractivity contribution >= 4 is 23.5 Å². The third-order valence-corrected chi connectivity index (χ3v) is 5.62. The Morgan fingerprint density at radius 2 is 1.71 bits per heavy atom. The first kappa shape index (κ1) is 22.3. The smallest absolute Gasteiger partial charge is 0.307 e. The highest BCUT2D eigenvalue weighted by atomic mass is 32.2. The predicted octanol–water partition coefficient (Wildman–Crippen LogP) is 5.15. The maximum Gasteiger partial charge on any atom is 0.307 e. The topological polar surface area (TPSA) is 80.0 Å². The normalized spacial score (nSPS) is 10.4. The van der Waals surface area contributed by atoms with Gasteiger partial charge in [-0.1, -0.05) is 54.6 Å². The van der Waals surface area contributed by atoms with E-state index in [0.29, 0.717) is 21.9 Å². The Morgan fingerprint density at radius 1 is 1.03 bits per heavy atom. The highest BCUT2D eigenvalue weighted by Gasteiger charge is 2.13. The van der Waals surface area contributed by atoms with Crippen molar-refractivity contribution in [3.63, 3.8) is 0 Å². The standard InChI is InChI=1S/C25H22N2O3S/c1-17-14-18(2)27-25(22(17)15-26)31-13-12-24(29)30-16-23(28)21-10-8-20(9-11-21)19-6-4-3-5-7-19/h3-11,14H,12-13,16H2,1-2H3. The number of esters is 1. The Labute approximate surface area is 186 Å². The summed E-state index contributed by atoms with van der Waals surface area (Å²) in [4.78, 5) is 28.7. The summed E-state index contributed by atoms with van der Waals surface area (Å²) in [7, 11) is 0. The molecule has 3 aromatic rings. The third kappa shape index (κ3) is 6.03. The lowest BCUT2D eigenvalue weighted by Gasteiger charge is -2.08. The number of rotatable bonds is 8. The average Bonchev–Trinajstić information content (AvgIpc) is 2.78. The van der Waals surface area contributed by atoms with Crippen LogP contribution in [0, 0.1) is 25.2 Å². The van der Waals surface area contributed by atoms with Gasteiger partial charge in [0.25, 0.3) is 0 Å². The number of nitriles is 1. The zero-order valence-electron chi connectivity index (χ0n) is 17.4. The molecule has 2 aromatic carbocycles. The van der Waals surface area contributed by atoms with Gasteiger partial charge < -0.3 is 4.74 Å². The second-order valence-corrected chi connectivity index (χ2v) is 8.08. The summed E-state index contributed by atoms with van der Waals surface area (Å²) in [5.74, 6) is -0.281. The maximum atomic E-state index is 12.3. The molecule has 6 heteroatoms. The van der Waals surface area contributed by atoms with E-state index in [-0.39, 0.29) is 18.8 Å². The van der Waals surface area contributed by atoms with Crippen LogP contribution in [0.3, 0.4) is 0 Å². The van der Waals surface area contributed by atoms with Gasteiger partial charge in [-0.3, -0.25) is 9.59 Å². The monoisotopic (exact) mass is 430 g/mol. The first-order valence-electron chi connectivity index (χ1n) is 9.83. The first-order valence-corrected chi connectivity index (χ1v) is 10.8. The molecule has 0 N–H and O–H groups in total. The van der Waals surface area contributed by atoms with Gasteiger partial charge in [0.1, 0.15) is 11.1 Å². The van der Waals surface area contributed by atoms with E-state index in [4.69, 9.17) is 4.74 Å². The molecule has 0 saturated heterocycles. The van der Waals surface area contributed by atoms with E-state index in [1.165, 1.54) is 11.8 Å². The van der Waals surface area contributed by atoms with E-state index in [1.54, 1.807) is 12.1 Å². The number of benzene rings is 2. The van der Waals surface area contributed by atoms with Crippen molar-refractivity contribution in [1.82, 2.24) is 4.98 Å². The number of pyridine rings is 1. The molecule has 0 amide bonds. The molecule has 0 aliphatic rings. The molecule has 1 aromatic heterocycles. The molecule has 0 aliphatic heterocycles. The number of hydrogen-bond acceptors (Lipinski definition) is 6. The number of nitrogens with zero attached hydrogens (tertiary/aromatic N) is 2. The molecule has 5 nitrogen and oxygen atoms in total. The summed E-state index contributed by atoms with van der Waals surface area (Å²) in [6.45, 7) is 3.44. The Kier molecular flexibility index (Phi) is 7.58. The van der Waals surface area contributed by atoms with Gasteiger partial charge in [-0.25, -0.2) is 4.98 Å². The van der Waals surface area contributed by atoms with E-state index >= 15 is 0 Å². The van der Waals surface area contributed by atoms with Gasteiger partial charge in [0.2, 0.25) is 0 Å². The average molecular weight is 431 g/mol. The summed E-state index contributed by atoms with van der Waals surface area (Å²) in [6, 6.07) is 21.1. The van der Waals surface area contributed by atoms with Gasteiger partial charge in [0, 0.05) is 17.0 Å². The van der Waals surface area contributed by atoms with Gasteiger partial charge in [-0.05, 0) is 36.6 Å². The fourth-order valence-electron chi connectivity index (χ4n) is 3.05. The van der Waals surface area contributed by atoms with E-state index in [1.807, 2.05) is 62.4 Å². The number of Topliss-reactive ketones (excluding diaryl/α,β-unsaturated/α-hetero) is 1. The fourth-order valence-corrected chi connectivity index (χ4v) is 4.08. The SMILES string of the molecule is Cc1cc(C)c(C#N)c(SCCC(=O)OCC(=O)c2ccc(-c3ccccc3)cc2)n1. The molecule has 0 aliphatic carbocycles. The van der Waals surface area contributed by atoms with Crippen molar-refractivity contribution in [2.45, 2.75) is 25.3 Å². The molecule has 0 saturated carbocycles. The van der Waals surface area contributed by atoms with Crippen LogP contribution in [0.15, 0.2) is 65.7 Å². The number of hydrogen-bond donors (Lipinski definition) is 0. The maximum absolute atomic E-state index is 12.3. The number of ether oxygens (including phenoxy) is 1. The second kappa shape index (κ2) is 10.6. The third-order valence-electron chi connectivity index (χ3n) is 4.65. The van der Waals surface area contributed by atoms with Crippen LogP contribution >= 0.6 is 11.8 Å². The number of aromatic nitrogens is 1. The highest BCUT2D eigenvalue weighted by Crippen LogP contribution is 2.24. The predicted molar refractivity (Wildman–Crippen MR) is 121 cm³/mol. The minimum absolute atomic E-state index is 0.129. The summed E-state index contributed by atoms with van der Waals surface area (Å²) >= 11 is 1.34. The molecule has 0 bridgehead atoms. The van der Waals surface area contributed by atoms with Crippen molar-refractivity contribution in [1.29, 1.82) is 5.26 Å².